The molecule has 5 fully saturated rings. The average molecular weight is 2140 g/mol. The summed E-state index contributed by atoms with van der Waals surface area (Å²) in [6, 6.07) is 105. The molecule has 0 aromatic heterocycles. The van der Waals surface area contributed by atoms with Crippen LogP contribution in [0, 0.1) is 38.5 Å². The van der Waals surface area contributed by atoms with Gasteiger partial charge in [0, 0.05) is 19.7 Å². The fourth-order valence-corrected chi connectivity index (χ4v) is 58.6. The molecular formula is C128H146BrCl3LiSi6Zr+. The van der Waals surface area contributed by atoms with E-state index in [4.69, 9.17) is 28.1 Å². The third-order valence-corrected chi connectivity index (χ3v) is 96.7. The molecule has 0 heterocycles. The van der Waals surface area contributed by atoms with E-state index in [1.165, 1.54) is 208 Å². The van der Waals surface area contributed by atoms with Crippen LogP contribution < -0.4 is 18.9 Å². The fraction of sp³-hybridized carbons (Fsp3) is 0.312. The molecule has 14 aromatic carbocycles. The topological polar surface area (TPSA) is 0 Å². The van der Waals surface area contributed by atoms with Crippen LogP contribution in [-0.2, 0) is 33.7 Å². The molecule has 0 saturated heterocycles. The third-order valence-electron chi connectivity index (χ3n) is 36.2. The number of allylic oxidation sites excluding steroid dienone is 8. The van der Waals surface area contributed by atoms with Crippen LogP contribution in [-0.4, -0.2) is 44.9 Å². The van der Waals surface area contributed by atoms with Gasteiger partial charge in [0.2, 0.25) is 0 Å². The summed E-state index contributed by atoms with van der Waals surface area (Å²) in [6.07, 6.45) is 52.5. The Morgan fingerprint density at radius 3 is 1.15 bits per heavy atom. The van der Waals surface area contributed by atoms with Crippen molar-refractivity contribution in [3.05, 3.63) is 409 Å². The van der Waals surface area contributed by atoms with E-state index in [0.29, 0.717) is 16.6 Å². The monoisotopic (exact) mass is 2130 g/mol. The standard InChI is InChI=1S/C28H42Si2.C28H30Si2.C23H25ClSi2.C19H22.C19H14.C9H7Br.2CH3.2ClH.Li.Zr/c2*1-29(2,22-13-6-7-14-22)30(3,4)28-20-19-26-25(17-10-18-27(26)28)24-16-9-12-21-11-5-8-15-23(21)24;1-25(2,26(3,4)24)23-16-15-21-20(13-8-14-22(21)23)19-12-7-10-17-9-5-6-11-18(17)19;2*1-2-10-16-14(6-1)8-4-12-18(16)19-13-5-9-15-7-3-11-17(15)19;10-9-6-2-4-7-3-1-5-8(7)9;;;;;;/h5,8-9,11-12,15-16,22,25-28H,6-7,10,13-14,17-20H2,1-4H3;5-20,22,28H,1-4H3;5-16,23H,1-4H3;1-2,4,6,8,10,12,15,17,19H,3,5,7,9,11,13H2;1-10,12-13H,11H2;1-4,6H,5H2;2*1H3;2*1H;;/q;;;;;;2*-1;;;+1;+4/p-2. The van der Waals surface area contributed by atoms with Gasteiger partial charge in [0.15, 0.2) is 0 Å². The molecule has 0 aliphatic heterocycles. The van der Waals surface area contributed by atoms with Gasteiger partial charge in [0.1, 0.15) is 6.90 Å². The van der Waals surface area contributed by atoms with Gasteiger partial charge in [0.05, 0.1) is 22.8 Å². The second-order valence-electron chi connectivity index (χ2n) is 44.3. The zero-order chi connectivity index (χ0) is 95.4. The maximum atomic E-state index is 6.97. The Kier molecular flexibility index (Phi) is 35.8. The summed E-state index contributed by atoms with van der Waals surface area (Å²) in [5, 5.41) is 13.8. The van der Waals surface area contributed by atoms with Crippen LogP contribution in [0.3, 0.4) is 0 Å². The van der Waals surface area contributed by atoms with Crippen molar-refractivity contribution >= 4 is 167 Å². The van der Waals surface area contributed by atoms with Gasteiger partial charge >= 0.3 is 56.7 Å². The molecule has 0 radical (unpaired) electrons. The summed E-state index contributed by atoms with van der Waals surface area (Å²) >= 11 is 9.65. The maximum Gasteiger partial charge on any atom is 1.00 e. The van der Waals surface area contributed by atoms with Crippen molar-refractivity contribution < 1.29 is 39.7 Å². The van der Waals surface area contributed by atoms with Crippen LogP contribution in [0.4, 0.5) is 0 Å². The molecule has 10 aliphatic carbocycles. The maximum absolute atomic E-state index is 6.97. The molecule has 24 rings (SSSR count). The van der Waals surface area contributed by atoms with Gasteiger partial charge in [-0.15, -0.1) is 0 Å². The second kappa shape index (κ2) is 46.8. The molecule has 0 nitrogen and oxygen atoms in total. The van der Waals surface area contributed by atoms with Crippen LogP contribution in [0.2, 0.25) is 95.2 Å². The minimum atomic E-state index is -1.70. The second-order valence-corrected chi connectivity index (χ2v) is 99.4. The van der Waals surface area contributed by atoms with Crippen molar-refractivity contribution in [2.45, 2.75) is 227 Å². The van der Waals surface area contributed by atoms with Crippen molar-refractivity contribution in [2.75, 3.05) is 0 Å². The Bertz CT molecular complexity index is 6850. The van der Waals surface area contributed by atoms with E-state index < -0.39 is 65.7 Å². The van der Waals surface area contributed by atoms with E-state index >= 15 is 0 Å². The first kappa shape index (κ1) is 107. The van der Waals surface area contributed by atoms with Crippen LogP contribution in [0.1, 0.15) is 175 Å². The molecule has 10 aliphatic rings. The first-order valence-electron chi connectivity index (χ1n) is 51.5. The third kappa shape index (κ3) is 21.9. The molecule has 12 heteroatoms. The van der Waals surface area contributed by atoms with Crippen molar-refractivity contribution in [3.63, 3.8) is 0 Å². The summed E-state index contributed by atoms with van der Waals surface area (Å²) in [7, 11) is 2.92. The molecule has 5 saturated carbocycles. The molecule has 9 unspecified atom stereocenters. The van der Waals surface area contributed by atoms with E-state index in [1.807, 2.05) is 0 Å². The van der Waals surface area contributed by atoms with Gasteiger partial charge in [-0.1, -0.05) is 517 Å². The number of halogens is 4. The largest absolute Gasteiger partial charge is 1.00 e. The SMILES string of the molecule is Brc1cccc2c1CC=C2.C1=Cc2cccc(-c3cccc4ccccc34)c2C1.C[Si](C)(C1C=CC=C1)[Si](C)(C)C1C=Cc2c(-c3cccc4ccccc34)cccc21.C[Si](C)(C1CCCC1)[Si](C)(C)C1CCC2C(c3cccc4ccccc34)CCCC21.C[Si](C)(Cl)[Si](C)(C)C1C=Cc2c(-c3cccc4ccccc34)cccc21.[CH3-].[CH3-].[Cl][Zr+2][Cl].[Li+].c1ccc2c(C3CCCC4CCCC43)cccc2c1. The van der Waals surface area contributed by atoms with Crippen molar-refractivity contribution in [1.82, 2.24) is 0 Å². The van der Waals surface area contributed by atoms with Gasteiger partial charge in [-0.2, -0.15) is 11.1 Å². The molecule has 140 heavy (non-hydrogen) atoms. The van der Waals surface area contributed by atoms with Crippen LogP contribution >= 0.6 is 44.0 Å². The summed E-state index contributed by atoms with van der Waals surface area (Å²) in [5.74, 6) is 5.61. The molecule has 9 atom stereocenters. The van der Waals surface area contributed by atoms with E-state index in [9.17, 15) is 0 Å². The Morgan fingerprint density at radius 1 is 0.300 bits per heavy atom. The molecule has 0 N–H and O–H groups in total. The van der Waals surface area contributed by atoms with E-state index in [1.54, 1.807) is 36.0 Å². The van der Waals surface area contributed by atoms with Crippen molar-refractivity contribution in [3.8, 4) is 33.4 Å². The number of hydrogen-bond donors (Lipinski definition) is 0. The van der Waals surface area contributed by atoms with Gasteiger partial charge in [0.25, 0.3) is 0 Å². The summed E-state index contributed by atoms with van der Waals surface area (Å²) in [4.78, 5) is 0. The van der Waals surface area contributed by atoms with E-state index in [-0.39, 0.29) is 33.7 Å². The molecule has 0 bridgehead atoms. The smallest absolute Gasteiger partial charge is 0.0616 e. The predicted octanol–water partition coefficient (Wildman–Crippen LogP) is 37.4. The summed E-state index contributed by atoms with van der Waals surface area (Å²) < 4.78 is 1.23. The Labute approximate surface area is 890 Å². The van der Waals surface area contributed by atoms with Crippen LogP contribution in [0.25, 0.3) is 112 Å². The Balaban J connectivity index is 0.000000129. The Morgan fingerprint density at radius 2 is 0.664 bits per heavy atom. The number of hydrogen-bond acceptors (Lipinski definition) is 0. The van der Waals surface area contributed by atoms with Crippen LogP contribution in [0.15, 0.2) is 338 Å². The fourth-order valence-electron chi connectivity index (χ4n) is 26.7. The summed E-state index contributed by atoms with van der Waals surface area (Å²) in [6.45, 7) is 29.8. The normalized spacial score (nSPS) is 20.6. The van der Waals surface area contributed by atoms with E-state index in [0.717, 1.165) is 59.4 Å². The molecule has 0 amide bonds. The van der Waals surface area contributed by atoms with Crippen LogP contribution in [0.5, 0.6) is 0 Å². The summed E-state index contributed by atoms with van der Waals surface area (Å²) in [5.41, 5.74) is 27.0. The molecule has 0 spiro atoms. The Hall–Kier alpha value is -7.05. The average Bonchev–Trinajstić information content (AvgIpc) is 1.58. The minimum absolute atomic E-state index is 0. The van der Waals surface area contributed by atoms with Crippen molar-refractivity contribution in [1.29, 1.82) is 0 Å². The predicted molar refractivity (Wildman–Crippen MR) is 633 cm³/mol. The number of rotatable bonds is 13. The first-order valence-corrected chi connectivity index (χ1v) is 81.1. The quantitative estimate of drug-likeness (QED) is 0.0613. The number of fused-ring (bicyclic) bond motifs is 11. The minimum Gasteiger partial charge on any atom is -0.0616 e. The molecule has 14 aromatic rings. The van der Waals surface area contributed by atoms with Gasteiger partial charge in [-0.3, -0.25) is 0 Å². The first-order chi connectivity index (χ1) is 66.3. The zero-order valence-electron chi connectivity index (χ0n) is 85.9. The zero-order valence-corrected chi connectivity index (χ0v) is 98.3. The van der Waals surface area contributed by atoms with E-state index in [2.05, 4.69) is 453 Å². The van der Waals surface area contributed by atoms with Gasteiger partial charge in [-0.25, -0.2) is 0 Å². The number of benzene rings is 14. The van der Waals surface area contributed by atoms with Gasteiger partial charge < -0.3 is 14.9 Å². The molecular weight excluding hydrogens is 1990 g/mol. The van der Waals surface area contributed by atoms with Crippen molar-refractivity contribution in [2.24, 2.45) is 23.7 Å². The molecule has 714 valence electrons. The van der Waals surface area contributed by atoms with Gasteiger partial charge in [-0.05, 0) is 251 Å².